The quantitative estimate of drug-likeness (QED) is 0.360. The molecular formula is C17H16F4N4O2. The van der Waals surface area contributed by atoms with Crippen LogP contribution in [0.4, 0.5) is 23.2 Å². The summed E-state index contributed by atoms with van der Waals surface area (Å²) in [6.07, 6.45) is 0. The fourth-order valence-corrected chi connectivity index (χ4v) is 1.86. The lowest BCUT2D eigenvalue weighted by molar-refractivity contribution is -0.130. The summed E-state index contributed by atoms with van der Waals surface area (Å²) in [5.41, 5.74) is 1.71. The predicted octanol–water partition coefficient (Wildman–Crippen LogP) is 2.94. The Kier molecular flexibility index (Phi) is 6.32. The van der Waals surface area contributed by atoms with Crippen LogP contribution in [-0.2, 0) is 4.79 Å². The van der Waals surface area contributed by atoms with Crippen molar-refractivity contribution in [3.63, 3.8) is 0 Å². The van der Waals surface area contributed by atoms with E-state index in [1.54, 1.807) is 38.4 Å². The van der Waals surface area contributed by atoms with E-state index < -0.39 is 29.2 Å². The van der Waals surface area contributed by atoms with Gasteiger partial charge >= 0.3 is 0 Å². The van der Waals surface area contributed by atoms with E-state index in [4.69, 9.17) is 4.74 Å². The number of hydrazone groups is 1. The van der Waals surface area contributed by atoms with E-state index >= 15 is 0 Å². The number of nitrogens with zero attached hydrogens (tertiary/aromatic N) is 3. The average molecular weight is 384 g/mol. The molecule has 0 aliphatic rings. The molecule has 1 N–H and O–H groups in total. The average Bonchev–Trinajstić information content (AvgIpc) is 2.64. The highest BCUT2D eigenvalue weighted by Crippen LogP contribution is 2.22. The molecule has 0 saturated carbocycles. The lowest BCUT2D eigenvalue weighted by Gasteiger charge is -2.11. The van der Waals surface area contributed by atoms with Crippen molar-refractivity contribution in [1.82, 2.24) is 9.88 Å². The number of halogens is 4. The number of amides is 1. The number of hydrogen-bond acceptors (Lipinski definition) is 5. The monoisotopic (exact) mass is 384 g/mol. The van der Waals surface area contributed by atoms with Gasteiger partial charge < -0.3 is 9.64 Å². The number of likely N-dealkylation sites (N-methyl/N-ethyl adjacent to an activating group) is 1. The van der Waals surface area contributed by atoms with Crippen molar-refractivity contribution in [1.29, 1.82) is 0 Å². The first-order valence-electron chi connectivity index (χ1n) is 7.64. The fraction of sp³-hybridized carbons (Fsp3) is 0.235. The van der Waals surface area contributed by atoms with Crippen LogP contribution in [0, 0.1) is 23.5 Å². The van der Waals surface area contributed by atoms with Gasteiger partial charge in [0.2, 0.25) is 11.6 Å². The summed E-state index contributed by atoms with van der Waals surface area (Å²) in [7, 11) is 3.21. The van der Waals surface area contributed by atoms with Crippen LogP contribution in [0.1, 0.15) is 12.5 Å². The first-order valence-corrected chi connectivity index (χ1v) is 7.64. The summed E-state index contributed by atoms with van der Waals surface area (Å²) in [5, 5.41) is 3.72. The Morgan fingerprint density at radius 2 is 1.67 bits per heavy atom. The van der Waals surface area contributed by atoms with Crippen LogP contribution in [0.2, 0.25) is 0 Å². The van der Waals surface area contributed by atoms with E-state index in [9.17, 15) is 22.4 Å². The first-order chi connectivity index (χ1) is 12.7. The summed E-state index contributed by atoms with van der Waals surface area (Å²) < 4.78 is 58.5. The van der Waals surface area contributed by atoms with Gasteiger partial charge in [-0.2, -0.15) is 27.6 Å². The maximum atomic E-state index is 13.5. The number of benzene rings is 1. The standard InChI is InChI=1S/C17H16F4N4O2/c1-9(23-24-15-13(18)16(20)22-17(21)14(15)19)10-4-6-11(7-5-10)27-8-12(26)25(2)3/h4-7H,8H2,1-3H3,(H,22,24)/b23-9-. The van der Waals surface area contributed by atoms with Gasteiger partial charge in [0.05, 0.1) is 5.71 Å². The Labute approximate surface area is 152 Å². The predicted molar refractivity (Wildman–Crippen MR) is 90.5 cm³/mol. The molecule has 2 aromatic rings. The number of ether oxygens (including phenoxy) is 1. The summed E-state index contributed by atoms with van der Waals surface area (Å²) in [4.78, 5) is 15.3. The molecule has 6 nitrogen and oxygen atoms in total. The number of aromatic nitrogens is 1. The third kappa shape index (κ3) is 4.93. The Hall–Kier alpha value is -3.17. The van der Waals surface area contributed by atoms with E-state index in [1.807, 2.05) is 5.43 Å². The summed E-state index contributed by atoms with van der Waals surface area (Å²) in [6, 6.07) is 6.33. The van der Waals surface area contributed by atoms with Crippen molar-refractivity contribution in [2.45, 2.75) is 6.92 Å². The molecule has 1 aromatic heterocycles. The number of nitrogens with one attached hydrogen (secondary N) is 1. The largest absolute Gasteiger partial charge is 0.484 e. The van der Waals surface area contributed by atoms with Crippen LogP contribution in [-0.4, -0.2) is 42.2 Å². The molecule has 10 heteroatoms. The molecule has 27 heavy (non-hydrogen) atoms. The van der Waals surface area contributed by atoms with Crippen LogP contribution < -0.4 is 10.2 Å². The normalized spacial score (nSPS) is 11.3. The lowest BCUT2D eigenvalue weighted by atomic mass is 10.1. The van der Waals surface area contributed by atoms with Gasteiger partial charge in [-0.3, -0.25) is 10.2 Å². The molecule has 0 unspecified atom stereocenters. The van der Waals surface area contributed by atoms with Crippen molar-refractivity contribution in [2.24, 2.45) is 5.10 Å². The zero-order chi connectivity index (χ0) is 20.1. The van der Waals surface area contributed by atoms with Crippen LogP contribution in [0.15, 0.2) is 29.4 Å². The third-order valence-electron chi connectivity index (χ3n) is 3.47. The molecule has 144 valence electrons. The molecule has 1 amide bonds. The van der Waals surface area contributed by atoms with Gasteiger partial charge in [0, 0.05) is 14.1 Å². The zero-order valence-corrected chi connectivity index (χ0v) is 14.7. The highest BCUT2D eigenvalue weighted by Gasteiger charge is 2.20. The lowest BCUT2D eigenvalue weighted by Crippen LogP contribution is -2.27. The van der Waals surface area contributed by atoms with Crippen molar-refractivity contribution in [3.05, 3.63) is 53.4 Å². The van der Waals surface area contributed by atoms with E-state index in [2.05, 4.69) is 10.1 Å². The van der Waals surface area contributed by atoms with Crippen LogP contribution >= 0.6 is 0 Å². The highest BCUT2D eigenvalue weighted by molar-refractivity contribution is 5.99. The second kappa shape index (κ2) is 8.47. The number of hydrogen-bond donors (Lipinski definition) is 1. The van der Waals surface area contributed by atoms with Crippen molar-refractivity contribution < 1.29 is 27.1 Å². The van der Waals surface area contributed by atoms with Gasteiger partial charge in [-0.25, -0.2) is 0 Å². The molecular weight excluding hydrogens is 368 g/mol. The number of pyridine rings is 1. The second-order valence-electron chi connectivity index (χ2n) is 5.61. The minimum absolute atomic E-state index is 0.126. The molecule has 0 aliphatic heterocycles. The molecule has 0 spiro atoms. The maximum absolute atomic E-state index is 13.5. The van der Waals surface area contributed by atoms with E-state index in [1.165, 1.54) is 11.8 Å². The SMILES string of the molecule is C/C(=N/Nc1c(F)c(F)nc(F)c1F)c1ccc(OCC(=O)N(C)C)cc1. The van der Waals surface area contributed by atoms with E-state index in [-0.39, 0.29) is 18.2 Å². The van der Waals surface area contributed by atoms with Gasteiger partial charge in [-0.1, -0.05) is 0 Å². The Balaban J connectivity index is 2.10. The van der Waals surface area contributed by atoms with E-state index in [0.29, 0.717) is 11.3 Å². The van der Waals surface area contributed by atoms with E-state index in [0.717, 1.165) is 0 Å². The second-order valence-corrected chi connectivity index (χ2v) is 5.61. The number of carbonyl (C=O) groups excluding carboxylic acids is 1. The first kappa shape index (κ1) is 20.1. The minimum Gasteiger partial charge on any atom is -0.484 e. The van der Waals surface area contributed by atoms with Gasteiger partial charge in [-0.15, -0.1) is 0 Å². The molecule has 2 rings (SSSR count). The van der Waals surface area contributed by atoms with Gasteiger partial charge in [0.1, 0.15) is 11.4 Å². The van der Waals surface area contributed by atoms with Crippen LogP contribution in [0.3, 0.4) is 0 Å². The molecule has 1 heterocycles. The number of anilines is 1. The summed E-state index contributed by atoms with van der Waals surface area (Å²) in [5.74, 6) is -6.69. The van der Waals surface area contributed by atoms with Crippen LogP contribution in [0.25, 0.3) is 0 Å². The Morgan fingerprint density at radius 3 is 2.19 bits per heavy atom. The zero-order valence-electron chi connectivity index (χ0n) is 14.7. The van der Waals surface area contributed by atoms with Gasteiger partial charge in [0.25, 0.3) is 17.8 Å². The molecule has 0 aliphatic carbocycles. The third-order valence-corrected chi connectivity index (χ3v) is 3.47. The number of carbonyl (C=O) groups is 1. The summed E-state index contributed by atoms with van der Waals surface area (Å²) in [6.45, 7) is 1.39. The number of rotatable bonds is 6. The highest BCUT2D eigenvalue weighted by atomic mass is 19.2. The molecule has 0 atom stereocenters. The van der Waals surface area contributed by atoms with Gasteiger partial charge in [0.15, 0.2) is 6.61 Å². The Morgan fingerprint density at radius 1 is 1.11 bits per heavy atom. The molecule has 0 radical (unpaired) electrons. The van der Waals surface area contributed by atoms with Crippen molar-refractivity contribution in [2.75, 3.05) is 26.1 Å². The summed E-state index contributed by atoms with van der Waals surface area (Å²) >= 11 is 0. The minimum atomic E-state index is -1.78. The Bertz CT molecular complexity index is 844. The molecule has 1 aromatic carbocycles. The fourth-order valence-electron chi connectivity index (χ4n) is 1.86. The van der Waals surface area contributed by atoms with Crippen molar-refractivity contribution >= 4 is 17.3 Å². The van der Waals surface area contributed by atoms with Crippen molar-refractivity contribution in [3.8, 4) is 5.75 Å². The molecule has 0 saturated heterocycles. The molecule has 0 fully saturated rings. The maximum Gasteiger partial charge on any atom is 0.259 e. The molecule has 0 bridgehead atoms. The topological polar surface area (TPSA) is 66.8 Å². The van der Waals surface area contributed by atoms with Gasteiger partial charge in [-0.05, 0) is 36.8 Å². The smallest absolute Gasteiger partial charge is 0.259 e. The van der Waals surface area contributed by atoms with Crippen LogP contribution in [0.5, 0.6) is 5.75 Å².